The van der Waals surface area contributed by atoms with Crippen LogP contribution >= 0.6 is 27.5 Å². The van der Waals surface area contributed by atoms with Crippen molar-refractivity contribution >= 4 is 45.2 Å². The Morgan fingerprint density at radius 2 is 2.04 bits per heavy atom. The molecule has 1 aliphatic rings. The molecule has 1 aliphatic heterocycles. The van der Waals surface area contributed by atoms with Crippen LogP contribution in [0.4, 0.5) is 10.5 Å². The number of amides is 3. The highest BCUT2D eigenvalue weighted by atomic mass is 79.9. The summed E-state index contributed by atoms with van der Waals surface area (Å²) in [5.74, 6) is 0.0228. The minimum absolute atomic E-state index is 0.0181. The molecule has 1 heterocycles. The van der Waals surface area contributed by atoms with E-state index in [-0.39, 0.29) is 18.8 Å². The molecule has 1 saturated heterocycles. The quantitative estimate of drug-likeness (QED) is 0.394. The molecule has 1 fully saturated rings. The van der Waals surface area contributed by atoms with Gasteiger partial charge in [-0.15, -0.1) is 0 Å². The number of carbonyl (C=O) groups is 2. The first-order chi connectivity index (χ1) is 13.2. The van der Waals surface area contributed by atoms with E-state index >= 15 is 0 Å². The molecular formula is C18H15BrClN3O5. The topological polar surface area (TPSA) is 102 Å². The number of nitro benzene ring substituents is 1. The fourth-order valence-corrected chi connectivity index (χ4v) is 3.66. The Hall–Kier alpha value is -2.65. The van der Waals surface area contributed by atoms with Gasteiger partial charge in [0.05, 0.1) is 15.9 Å². The molecule has 8 nitrogen and oxygen atoms in total. The summed E-state index contributed by atoms with van der Waals surface area (Å²) < 4.78 is 6.26. The summed E-state index contributed by atoms with van der Waals surface area (Å²) in [6.07, 6.45) is 0. The van der Waals surface area contributed by atoms with Crippen LogP contribution in [0.3, 0.4) is 0 Å². The van der Waals surface area contributed by atoms with Crippen molar-refractivity contribution in [3.05, 3.63) is 67.6 Å². The Bertz CT molecular complexity index is 970. The van der Waals surface area contributed by atoms with E-state index in [0.29, 0.717) is 20.8 Å². The maximum absolute atomic E-state index is 12.9. The lowest BCUT2D eigenvalue weighted by Gasteiger charge is -2.22. The Labute approximate surface area is 173 Å². The van der Waals surface area contributed by atoms with Crippen molar-refractivity contribution in [2.45, 2.75) is 12.5 Å². The van der Waals surface area contributed by atoms with Crippen molar-refractivity contribution in [2.75, 3.05) is 13.2 Å². The van der Waals surface area contributed by atoms with Crippen LogP contribution < -0.4 is 10.1 Å². The molecule has 0 aliphatic carbocycles. The zero-order valence-electron chi connectivity index (χ0n) is 14.6. The van der Waals surface area contributed by atoms with E-state index in [1.165, 1.54) is 25.1 Å². The fraction of sp³-hybridized carbons (Fsp3) is 0.222. The van der Waals surface area contributed by atoms with Gasteiger partial charge in [0.25, 0.3) is 11.6 Å². The van der Waals surface area contributed by atoms with Gasteiger partial charge in [0, 0.05) is 17.2 Å². The molecule has 28 heavy (non-hydrogen) atoms. The number of non-ortho nitro benzene ring substituents is 1. The monoisotopic (exact) mass is 467 g/mol. The molecule has 0 saturated carbocycles. The van der Waals surface area contributed by atoms with E-state index in [2.05, 4.69) is 21.2 Å². The molecule has 1 N–H and O–H groups in total. The number of carbonyl (C=O) groups excluding carboxylic acids is 2. The fourth-order valence-electron chi connectivity index (χ4n) is 2.87. The van der Waals surface area contributed by atoms with Gasteiger partial charge in [-0.3, -0.25) is 19.8 Å². The van der Waals surface area contributed by atoms with Crippen LogP contribution in [0.5, 0.6) is 5.75 Å². The molecule has 146 valence electrons. The molecule has 0 bridgehead atoms. The van der Waals surface area contributed by atoms with Crippen LogP contribution in [0, 0.1) is 10.1 Å². The first-order valence-corrected chi connectivity index (χ1v) is 9.36. The molecule has 2 aromatic carbocycles. The standard InChI is InChI=1S/C18H15BrClN3O5/c1-18(11-3-2-4-13(9-11)23(26)27)16(24)22(17(25)21-18)7-8-28-15-6-5-12(20)10-14(15)19/h2-6,9-10H,7-8H2,1H3,(H,21,25). The van der Waals surface area contributed by atoms with Gasteiger partial charge in [0.15, 0.2) is 0 Å². The zero-order chi connectivity index (χ0) is 20.5. The Kier molecular flexibility index (Phi) is 5.57. The highest BCUT2D eigenvalue weighted by Gasteiger charge is 2.49. The second-order valence-electron chi connectivity index (χ2n) is 6.24. The highest BCUT2D eigenvalue weighted by molar-refractivity contribution is 9.10. The normalized spacial score (nSPS) is 18.9. The van der Waals surface area contributed by atoms with Gasteiger partial charge in [-0.2, -0.15) is 0 Å². The van der Waals surface area contributed by atoms with Crippen molar-refractivity contribution < 1.29 is 19.2 Å². The van der Waals surface area contributed by atoms with Gasteiger partial charge in [-0.05, 0) is 46.6 Å². The van der Waals surface area contributed by atoms with Crippen LogP contribution in [0.2, 0.25) is 5.02 Å². The van der Waals surface area contributed by atoms with Crippen LogP contribution in [0.1, 0.15) is 12.5 Å². The predicted molar refractivity (Wildman–Crippen MR) is 105 cm³/mol. The summed E-state index contributed by atoms with van der Waals surface area (Å²) in [6.45, 7) is 1.61. The van der Waals surface area contributed by atoms with Crippen molar-refractivity contribution in [1.82, 2.24) is 10.2 Å². The van der Waals surface area contributed by atoms with E-state index in [0.717, 1.165) is 4.90 Å². The third kappa shape index (κ3) is 3.81. The van der Waals surface area contributed by atoms with Gasteiger partial charge in [-0.1, -0.05) is 23.7 Å². The van der Waals surface area contributed by atoms with Crippen LogP contribution in [0.15, 0.2) is 46.9 Å². The van der Waals surface area contributed by atoms with E-state index in [1.807, 2.05) is 0 Å². The largest absolute Gasteiger partial charge is 0.491 e. The predicted octanol–water partition coefficient (Wildman–Crippen LogP) is 3.86. The van der Waals surface area contributed by atoms with Gasteiger partial charge in [0.1, 0.15) is 17.9 Å². The van der Waals surface area contributed by atoms with Crippen molar-refractivity contribution in [2.24, 2.45) is 0 Å². The van der Waals surface area contributed by atoms with E-state index in [1.54, 1.807) is 24.3 Å². The SMILES string of the molecule is CC1(c2cccc([N+](=O)[O-])c2)NC(=O)N(CCOc2ccc(Cl)cc2Br)C1=O. The lowest BCUT2D eigenvalue weighted by Crippen LogP contribution is -2.41. The third-order valence-corrected chi connectivity index (χ3v) is 5.23. The summed E-state index contributed by atoms with van der Waals surface area (Å²) in [4.78, 5) is 36.7. The molecule has 3 amide bonds. The van der Waals surface area contributed by atoms with Gasteiger partial charge in [-0.25, -0.2) is 4.79 Å². The molecule has 1 unspecified atom stereocenters. The molecule has 0 radical (unpaired) electrons. The second-order valence-corrected chi connectivity index (χ2v) is 7.53. The first-order valence-electron chi connectivity index (χ1n) is 8.19. The number of imide groups is 1. The molecule has 1 atom stereocenters. The van der Waals surface area contributed by atoms with Crippen LogP contribution in [-0.4, -0.2) is 34.9 Å². The summed E-state index contributed by atoms with van der Waals surface area (Å²) in [7, 11) is 0. The first kappa shape index (κ1) is 20.1. The Morgan fingerprint density at radius 3 is 2.71 bits per heavy atom. The summed E-state index contributed by atoms with van der Waals surface area (Å²) in [6, 6.07) is 10.1. The smallest absolute Gasteiger partial charge is 0.325 e. The van der Waals surface area contributed by atoms with Crippen LogP contribution in [0.25, 0.3) is 0 Å². The lowest BCUT2D eigenvalue weighted by atomic mass is 9.91. The maximum Gasteiger partial charge on any atom is 0.325 e. The van der Waals surface area contributed by atoms with Crippen LogP contribution in [-0.2, 0) is 10.3 Å². The highest BCUT2D eigenvalue weighted by Crippen LogP contribution is 2.31. The third-order valence-electron chi connectivity index (χ3n) is 4.38. The minimum Gasteiger partial charge on any atom is -0.491 e. The zero-order valence-corrected chi connectivity index (χ0v) is 17.0. The lowest BCUT2D eigenvalue weighted by molar-refractivity contribution is -0.385. The summed E-state index contributed by atoms with van der Waals surface area (Å²) in [5.41, 5.74) is -1.21. The van der Waals surface area contributed by atoms with Crippen molar-refractivity contribution in [1.29, 1.82) is 0 Å². The molecule has 10 heteroatoms. The number of hydrogen-bond acceptors (Lipinski definition) is 5. The number of halogens is 2. The van der Waals surface area contributed by atoms with E-state index in [4.69, 9.17) is 16.3 Å². The number of rotatable bonds is 6. The number of benzene rings is 2. The minimum atomic E-state index is -1.38. The molecule has 0 spiro atoms. The molecule has 3 rings (SSSR count). The molecular weight excluding hydrogens is 454 g/mol. The number of nitrogens with zero attached hydrogens (tertiary/aromatic N) is 2. The molecule has 0 aromatic heterocycles. The Morgan fingerprint density at radius 1 is 1.29 bits per heavy atom. The maximum atomic E-state index is 12.9. The number of hydrogen-bond donors (Lipinski definition) is 1. The number of nitro groups is 1. The van der Waals surface area contributed by atoms with Gasteiger partial charge >= 0.3 is 6.03 Å². The molecule has 2 aromatic rings. The summed E-state index contributed by atoms with van der Waals surface area (Å²) >= 11 is 9.21. The second kappa shape index (κ2) is 7.76. The van der Waals surface area contributed by atoms with E-state index < -0.39 is 22.4 Å². The van der Waals surface area contributed by atoms with Crippen molar-refractivity contribution in [3.8, 4) is 5.75 Å². The average molecular weight is 469 g/mol. The average Bonchev–Trinajstić information content (AvgIpc) is 2.87. The number of nitrogens with one attached hydrogen (secondary N) is 1. The Balaban J connectivity index is 1.72. The number of ether oxygens (including phenoxy) is 1. The summed E-state index contributed by atoms with van der Waals surface area (Å²) in [5, 5.41) is 14.2. The number of urea groups is 1. The van der Waals surface area contributed by atoms with Crippen molar-refractivity contribution in [3.63, 3.8) is 0 Å². The van der Waals surface area contributed by atoms with E-state index in [9.17, 15) is 19.7 Å². The van der Waals surface area contributed by atoms with Gasteiger partial charge in [0.2, 0.25) is 0 Å². The van der Waals surface area contributed by atoms with Gasteiger partial charge < -0.3 is 10.1 Å².